The van der Waals surface area contributed by atoms with Gasteiger partial charge in [0.05, 0.1) is 12.0 Å². The van der Waals surface area contributed by atoms with E-state index in [2.05, 4.69) is 0 Å². The van der Waals surface area contributed by atoms with Crippen LogP contribution in [0.2, 0.25) is 0 Å². The second-order valence-electron chi connectivity index (χ2n) is 7.34. The highest BCUT2D eigenvalue weighted by atomic mass is 32.2. The van der Waals surface area contributed by atoms with Gasteiger partial charge in [0.1, 0.15) is 5.75 Å². The number of amides is 1. The quantitative estimate of drug-likeness (QED) is 0.748. The van der Waals surface area contributed by atoms with Gasteiger partial charge in [0.2, 0.25) is 15.9 Å². The maximum Gasteiger partial charge on any atom is 0.243 e. The summed E-state index contributed by atoms with van der Waals surface area (Å²) >= 11 is 0. The number of methoxy groups -OCH3 is 1. The Balaban J connectivity index is 1.62. The average Bonchev–Trinajstić information content (AvgIpc) is 3.43. The SMILES string of the molecule is COc1ccc(CN(C2CC2)S(=O)(=O)c2ccc3c(c2)CCN3C(C)=O)cc1. The van der Waals surface area contributed by atoms with Crippen molar-refractivity contribution in [3.63, 3.8) is 0 Å². The molecule has 0 spiro atoms. The topological polar surface area (TPSA) is 66.9 Å². The summed E-state index contributed by atoms with van der Waals surface area (Å²) in [4.78, 5) is 13.7. The Bertz CT molecular complexity index is 998. The summed E-state index contributed by atoms with van der Waals surface area (Å²) < 4.78 is 33.5. The molecule has 0 N–H and O–H groups in total. The van der Waals surface area contributed by atoms with E-state index in [9.17, 15) is 13.2 Å². The molecule has 0 bridgehead atoms. The van der Waals surface area contributed by atoms with Crippen LogP contribution in [0.1, 0.15) is 30.9 Å². The molecule has 1 heterocycles. The fraction of sp³-hybridized carbons (Fsp3) is 0.381. The summed E-state index contributed by atoms with van der Waals surface area (Å²) in [6.07, 6.45) is 2.46. The number of hydrogen-bond acceptors (Lipinski definition) is 4. The molecule has 2 aromatic carbocycles. The van der Waals surface area contributed by atoms with Gasteiger partial charge in [-0.25, -0.2) is 8.42 Å². The van der Waals surface area contributed by atoms with Gasteiger partial charge in [-0.15, -0.1) is 0 Å². The smallest absolute Gasteiger partial charge is 0.243 e. The number of sulfonamides is 1. The van der Waals surface area contributed by atoms with Crippen molar-refractivity contribution in [1.82, 2.24) is 4.31 Å². The molecule has 1 aliphatic heterocycles. The number of nitrogens with zero attached hydrogens (tertiary/aromatic N) is 2. The first kappa shape index (κ1) is 19.0. The lowest BCUT2D eigenvalue weighted by Crippen LogP contribution is -2.32. The zero-order valence-corrected chi connectivity index (χ0v) is 16.9. The first-order valence-corrected chi connectivity index (χ1v) is 10.9. The van der Waals surface area contributed by atoms with Gasteiger partial charge in [0, 0.05) is 31.7 Å². The molecule has 7 heteroatoms. The predicted molar refractivity (Wildman–Crippen MR) is 107 cm³/mol. The summed E-state index contributed by atoms with van der Waals surface area (Å²) in [6, 6.07) is 12.7. The van der Waals surface area contributed by atoms with E-state index in [1.54, 1.807) is 34.5 Å². The lowest BCUT2D eigenvalue weighted by Gasteiger charge is -2.23. The van der Waals surface area contributed by atoms with Crippen LogP contribution < -0.4 is 9.64 Å². The van der Waals surface area contributed by atoms with Crippen LogP contribution in [-0.4, -0.2) is 38.3 Å². The van der Waals surface area contributed by atoms with Crippen molar-refractivity contribution >= 4 is 21.6 Å². The van der Waals surface area contributed by atoms with Crippen LogP contribution in [0.25, 0.3) is 0 Å². The molecule has 1 fully saturated rings. The third kappa shape index (κ3) is 3.52. The van der Waals surface area contributed by atoms with Crippen LogP contribution in [0.15, 0.2) is 47.4 Å². The lowest BCUT2D eigenvalue weighted by molar-refractivity contribution is -0.116. The number of hydrogen-bond donors (Lipinski definition) is 0. The van der Waals surface area contributed by atoms with Crippen molar-refractivity contribution < 1.29 is 17.9 Å². The van der Waals surface area contributed by atoms with Crippen molar-refractivity contribution in [2.75, 3.05) is 18.6 Å². The van der Waals surface area contributed by atoms with Crippen LogP contribution in [0.3, 0.4) is 0 Å². The highest BCUT2D eigenvalue weighted by molar-refractivity contribution is 7.89. The number of rotatable bonds is 6. The Labute approximate surface area is 165 Å². The van der Waals surface area contributed by atoms with Gasteiger partial charge in [-0.05, 0) is 60.7 Å². The monoisotopic (exact) mass is 400 g/mol. The van der Waals surface area contributed by atoms with E-state index in [-0.39, 0.29) is 11.9 Å². The van der Waals surface area contributed by atoms with Crippen molar-refractivity contribution in [1.29, 1.82) is 0 Å². The third-order valence-corrected chi connectivity index (χ3v) is 7.28. The average molecular weight is 401 g/mol. The zero-order chi connectivity index (χ0) is 19.9. The molecule has 6 nitrogen and oxygen atoms in total. The molecule has 0 aromatic heterocycles. The number of fused-ring (bicyclic) bond motifs is 1. The molecule has 0 radical (unpaired) electrons. The van der Waals surface area contributed by atoms with Crippen molar-refractivity contribution in [2.45, 2.75) is 43.7 Å². The molecule has 0 unspecified atom stereocenters. The maximum absolute atomic E-state index is 13.4. The minimum atomic E-state index is -3.61. The highest BCUT2D eigenvalue weighted by Crippen LogP contribution is 2.36. The second-order valence-corrected chi connectivity index (χ2v) is 9.23. The second kappa shape index (κ2) is 7.22. The van der Waals surface area contributed by atoms with Crippen LogP contribution in [0, 0.1) is 0 Å². The number of carbonyl (C=O) groups is 1. The minimum Gasteiger partial charge on any atom is -0.497 e. The molecular weight excluding hydrogens is 376 g/mol. The molecule has 2 aliphatic rings. The van der Waals surface area contributed by atoms with Gasteiger partial charge in [0.25, 0.3) is 0 Å². The summed E-state index contributed by atoms with van der Waals surface area (Å²) in [7, 11) is -2.00. The van der Waals surface area contributed by atoms with Crippen LogP contribution in [0.5, 0.6) is 5.75 Å². The Morgan fingerprint density at radius 1 is 1.18 bits per heavy atom. The van der Waals surface area contributed by atoms with Gasteiger partial charge < -0.3 is 9.64 Å². The van der Waals surface area contributed by atoms with E-state index in [0.717, 1.165) is 35.4 Å². The fourth-order valence-corrected chi connectivity index (χ4v) is 5.41. The van der Waals surface area contributed by atoms with Crippen molar-refractivity contribution in [2.24, 2.45) is 0 Å². The van der Waals surface area contributed by atoms with E-state index in [0.29, 0.717) is 24.4 Å². The summed E-state index contributed by atoms with van der Waals surface area (Å²) in [6.45, 7) is 2.48. The largest absolute Gasteiger partial charge is 0.497 e. The standard InChI is InChI=1S/C21H24N2O4S/c1-15(24)22-12-11-17-13-20(9-10-21(17)22)28(25,26)23(18-5-6-18)14-16-3-7-19(27-2)8-4-16/h3-4,7-10,13,18H,5-6,11-12,14H2,1-2H3. The highest BCUT2D eigenvalue weighted by Gasteiger charge is 2.38. The number of anilines is 1. The number of carbonyl (C=O) groups excluding carboxylic acids is 1. The molecule has 28 heavy (non-hydrogen) atoms. The van der Waals surface area contributed by atoms with Crippen LogP contribution >= 0.6 is 0 Å². The van der Waals surface area contributed by atoms with E-state index in [4.69, 9.17) is 4.74 Å². The molecule has 0 saturated heterocycles. The van der Waals surface area contributed by atoms with Gasteiger partial charge in [-0.1, -0.05) is 12.1 Å². The predicted octanol–water partition coefficient (Wildman–Crippen LogP) is 2.96. The molecule has 0 atom stereocenters. The van der Waals surface area contributed by atoms with Gasteiger partial charge >= 0.3 is 0 Å². The first-order chi connectivity index (χ1) is 13.4. The van der Waals surface area contributed by atoms with Crippen LogP contribution in [0.4, 0.5) is 5.69 Å². The lowest BCUT2D eigenvalue weighted by atomic mass is 10.2. The number of benzene rings is 2. The molecule has 1 amide bonds. The van der Waals surface area contributed by atoms with E-state index in [1.165, 1.54) is 6.92 Å². The van der Waals surface area contributed by atoms with Gasteiger partial charge in [-0.3, -0.25) is 4.79 Å². The van der Waals surface area contributed by atoms with E-state index < -0.39 is 10.0 Å². The first-order valence-electron chi connectivity index (χ1n) is 9.46. The third-order valence-electron chi connectivity index (χ3n) is 5.38. The zero-order valence-electron chi connectivity index (χ0n) is 16.1. The molecule has 148 valence electrons. The molecule has 2 aromatic rings. The Morgan fingerprint density at radius 3 is 2.50 bits per heavy atom. The van der Waals surface area contributed by atoms with E-state index >= 15 is 0 Å². The maximum atomic E-state index is 13.4. The Hall–Kier alpha value is -2.38. The molecule has 4 rings (SSSR count). The number of ether oxygens (including phenoxy) is 1. The van der Waals surface area contributed by atoms with Crippen molar-refractivity contribution in [3.05, 3.63) is 53.6 Å². The Morgan fingerprint density at radius 2 is 1.89 bits per heavy atom. The molecule has 1 saturated carbocycles. The fourth-order valence-electron chi connectivity index (χ4n) is 3.68. The normalized spacial score (nSPS) is 16.3. The molecular formula is C21H24N2O4S. The van der Waals surface area contributed by atoms with E-state index in [1.807, 2.05) is 24.3 Å². The summed E-state index contributed by atoms with van der Waals surface area (Å²) in [5.41, 5.74) is 2.66. The summed E-state index contributed by atoms with van der Waals surface area (Å²) in [5, 5.41) is 0. The van der Waals surface area contributed by atoms with Gasteiger partial charge in [-0.2, -0.15) is 4.31 Å². The molecule has 1 aliphatic carbocycles. The van der Waals surface area contributed by atoms with Crippen LogP contribution in [-0.2, 0) is 27.8 Å². The van der Waals surface area contributed by atoms with Crippen molar-refractivity contribution in [3.8, 4) is 5.75 Å². The summed E-state index contributed by atoms with van der Waals surface area (Å²) in [5.74, 6) is 0.728. The van der Waals surface area contributed by atoms with Gasteiger partial charge in [0.15, 0.2) is 0 Å². The Kier molecular flexibility index (Phi) is 4.89. The minimum absolute atomic E-state index is 0.0199.